The van der Waals surface area contributed by atoms with Crippen LogP contribution in [0.1, 0.15) is 23.1 Å². The summed E-state index contributed by atoms with van der Waals surface area (Å²) in [5.41, 5.74) is -2.66. The first-order valence-electron chi connectivity index (χ1n) is 10.5. The van der Waals surface area contributed by atoms with E-state index in [-0.39, 0.29) is 31.5 Å². The highest BCUT2D eigenvalue weighted by Gasteiger charge is 2.37. The molecule has 0 aliphatic carbocycles. The lowest BCUT2D eigenvalue weighted by atomic mass is 10.0. The number of hydrazine groups is 1. The number of carbonyl (C=O) groups excluding carboxylic acids is 2. The fraction of sp³-hybridized carbons (Fsp3) is 0.217. The third-order valence-corrected chi connectivity index (χ3v) is 5.27. The molecule has 13 heteroatoms. The van der Waals surface area contributed by atoms with Gasteiger partial charge in [-0.15, -0.1) is 5.10 Å². The Labute approximate surface area is 200 Å². The Bertz CT molecular complexity index is 1270. The zero-order valence-electron chi connectivity index (χ0n) is 18.3. The van der Waals surface area contributed by atoms with Gasteiger partial charge >= 0.3 is 12.4 Å². The zero-order valence-corrected chi connectivity index (χ0v) is 18.3. The zero-order chi connectivity index (χ0) is 26.1. The molecule has 36 heavy (non-hydrogen) atoms. The van der Waals surface area contributed by atoms with Crippen LogP contribution in [0.4, 0.5) is 26.3 Å². The number of hydrogen-bond donors (Lipinski definition) is 0. The van der Waals surface area contributed by atoms with Crippen molar-refractivity contribution in [3.8, 4) is 11.4 Å². The van der Waals surface area contributed by atoms with Crippen LogP contribution in [0, 0.1) is 0 Å². The van der Waals surface area contributed by atoms with Gasteiger partial charge in [-0.1, -0.05) is 30.3 Å². The van der Waals surface area contributed by atoms with Crippen molar-refractivity contribution in [3.05, 3.63) is 77.6 Å². The molecule has 0 atom stereocenters. The van der Waals surface area contributed by atoms with Crippen LogP contribution >= 0.6 is 0 Å². The largest absolute Gasteiger partial charge is 0.416 e. The number of benzene rings is 2. The maximum absolute atomic E-state index is 13.1. The normalized spacial score (nSPS) is 14.8. The molecule has 0 N–H and O–H groups in total. The molecular weight excluding hydrogens is 492 g/mol. The molecule has 7 nitrogen and oxygen atoms in total. The van der Waals surface area contributed by atoms with Crippen LogP contribution in [0.2, 0.25) is 0 Å². The highest BCUT2D eigenvalue weighted by Crippen LogP contribution is 2.38. The van der Waals surface area contributed by atoms with E-state index in [9.17, 15) is 35.9 Å². The lowest BCUT2D eigenvalue weighted by Gasteiger charge is -2.27. The summed E-state index contributed by atoms with van der Waals surface area (Å²) in [7, 11) is 0. The van der Waals surface area contributed by atoms with Crippen LogP contribution in [0.25, 0.3) is 17.6 Å². The minimum atomic E-state index is -5.01. The Hall–Kier alpha value is -4.16. The van der Waals surface area contributed by atoms with Gasteiger partial charge in [0.05, 0.1) is 24.2 Å². The van der Waals surface area contributed by atoms with Gasteiger partial charge in [0.25, 0.3) is 5.91 Å². The summed E-state index contributed by atoms with van der Waals surface area (Å²) in [4.78, 5) is 28.7. The Morgan fingerprint density at radius 1 is 0.972 bits per heavy atom. The molecule has 0 saturated carbocycles. The van der Waals surface area contributed by atoms with Gasteiger partial charge in [0.2, 0.25) is 5.91 Å². The summed E-state index contributed by atoms with van der Waals surface area (Å²) < 4.78 is 79.7. The predicted molar refractivity (Wildman–Crippen MR) is 114 cm³/mol. The molecule has 3 aromatic rings. The van der Waals surface area contributed by atoms with Crippen molar-refractivity contribution in [2.75, 3.05) is 6.54 Å². The second-order valence-corrected chi connectivity index (χ2v) is 7.81. The molecule has 1 aliphatic rings. The summed E-state index contributed by atoms with van der Waals surface area (Å²) in [6.07, 6.45) is -6.64. The average Bonchev–Trinajstić information content (AvgIpc) is 3.44. The number of amides is 2. The van der Waals surface area contributed by atoms with Crippen molar-refractivity contribution in [1.82, 2.24) is 24.8 Å². The molecule has 1 aromatic heterocycles. The number of aromatic nitrogens is 3. The number of rotatable bonds is 5. The molecular formula is C23H17F6N5O2. The molecule has 0 unspecified atom stereocenters. The lowest BCUT2D eigenvalue weighted by Crippen LogP contribution is -2.41. The summed E-state index contributed by atoms with van der Waals surface area (Å²) in [5.74, 6) is -1.20. The minimum absolute atomic E-state index is 0.0115. The third kappa shape index (κ3) is 5.56. The smallest absolute Gasteiger partial charge is 0.273 e. The van der Waals surface area contributed by atoms with E-state index in [1.165, 1.54) is 10.0 Å². The van der Waals surface area contributed by atoms with E-state index >= 15 is 0 Å². The van der Waals surface area contributed by atoms with Crippen molar-refractivity contribution < 1.29 is 35.9 Å². The first-order chi connectivity index (χ1) is 16.9. The Kier molecular flexibility index (Phi) is 6.57. The molecule has 1 aliphatic heterocycles. The summed E-state index contributed by atoms with van der Waals surface area (Å²) in [5, 5.41) is 6.40. The lowest BCUT2D eigenvalue weighted by molar-refractivity contribution is -0.151. The molecule has 1 fully saturated rings. The van der Waals surface area contributed by atoms with Crippen molar-refractivity contribution in [2.24, 2.45) is 0 Å². The molecule has 188 valence electrons. The standard InChI is InChI=1S/C23H17F6N5O2/c24-22(25,26)17-10-16(11-18(12-17)23(27,28)29)21-30-14-32(31-21)8-6-19(35)33-9-7-20(36)34(33)13-15-4-2-1-3-5-15/h1-6,8,10-12,14H,7,9,13H2/b8-6-. The Balaban J connectivity index is 1.53. The van der Waals surface area contributed by atoms with E-state index < -0.39 is 40.8 Å². The van der Waals surface area contributed by atoms with E-state index in [1.807, 2.05) is 6.07 Å². The van der Waals surface area contributed by atoms with Crippen LogP contribution in [0.3, 0.4) is 0 Å². The number of carbonyl (C=O) groups is 2. The SMILES string of the molecule is O=C(/C=C\n1cnc(-c2cc(C(F)(F)F)cc(C(F)(F)F)c2)n1)N1CCC(=O)N1Cc1ccccc1. The highest BCUT2D eigenvalue weighted by molar-refractivity contribution is 5.93. The first-order valence-corrected chi connectivity index (χ1v) is 10.5. The van der Waals surface area contributed by atoms with E-state index in [4.69, 9.17) is 0 Å². The molecule has 1 saturated heterocycles. The van der Waals surface area contributed by atoms with Gasteiger partial charge in [0, 0.05) is 24.3 Å². The molecule has 0 bridgehead atoms. The Morgan fingerprint density at radius 3 is 2.22 bits per heavy atom. The van der Waals surface area contributed by atoms with Gasteiger partial charge in [-0.05, 0) is 23.8 Å². The maximum atomic E-state index is 13.1. The minimum Gasteiger partial charge on any atom is -0.273 e. The van der Waals surface area contributed by atoms with Crippen LogP contribution < -0.4 is 0 Å². The van der Waals surface area contributed by atoms with Crippen LogP contribution in [-0.4, -0.2) is 43.1 Å². The summed E-state index contributed by atoms with van der Waals surface area (Å²) >= 11 is 0. The number of alkyl halides is 6. The molecule has 2 heterocycles. The maximum Gasteiger partial charge on any atom is 0.416 e. The van der Waals surface area contributed by atoms with Crippen molar-refractivity contribution in [3.63, 3.8) is 0 Å². The number of hydrogen-bond acceptors (Lipinski definition) is 4. The molecule has 4 rings (SSSR count). The highest BCUT2D eigenvalue weighted by atomic mass is 19.4. The van der Waals surface area contributed by atoms with E-state index in [0.717, 1.165) is 28.8 Å². The van der Waals surface area contributed by atoms with Gasteiger partial charge < -0.3 is 0 Å². The topological polar surface area (TPSA) is 71.3 Å². The molecule has 2 amide bonds. The van der Waals surface area contributed by atoms with E-state index in [1.54, 1.807) is 24.3 Å². The Morgan fingerprint density at radius 2 is 1.61 bits per heavy atom. The third-order valence-electron chi connectivity index (χ3n) is 5.27. The average molecular weight is 509 g/mol. The summed E-state index contributed by atoms with van der Waals surface area (Å²) in [6, 6.07) is 10.1. The van der Waals surface area contributed by atoms with Crippen LogP contribution in [0.15, 0.2) is 60.9 Å². The molecule has 2 aromatic carbocycles. The van der Waals surface area contributed by atoms with Gasteiger partial charge in [-0.2, -0.15) is 26.3 Å². The van der Waals surface area contributed by atoms with Gasteiger partial charge in [-0.25, -0.2) is 19.7 Å². The van der Waals surface area contributed by atoms with Crippen LogP contribution in [0.5, 0.6) is 0 Å². The monoisotopic (exact) mass is 509 g/mol. The molecule has 0 spiro atoms. The van der Waals surface area contributed by atoms with E-state index in [2.05, 4.69) is 10.1 Å². The number of halogens is 6. The van der Waals surface area contributed by atoms with Crippen LogP contribution in [-0.2, 0) is 28.5 Å². The fourth-order valence-corrected chi connectivity index (χ4v) is 3.53. The van der Waals surface area contributed by atoms with Crippen molar-refractivity contribution >= 4 is 18.0 Å². The predicted octanol–water partition coefficient (Wildman–Crippen LogP) is 4.63. The second kappa shape index (κ2) is 9.47. The number of nitrogens with zero attached hydrogens (tertiary/aromatic N) is 5. The van der Waals surface area contributed by atoms with Crippen molar-refractivity contribution in [1.29, 1.82) is 0 Å². The first kappa shape index (κ1) is 24.9. The molecule has 0 radical (unpaired) electrons. The van der Waals surface area contributed by atoms with Gasteiger partial charge in [0.1, 0.15) is 6.33 Å². The van der Waals surface area contributed by atoms with Crippen molar-refractivity contribution in [2.45, 2.75) is 25.3 Å². The fourth-order valence-electron chi connectivity index (χ4n) is 3.53. The second-order valence-electron chi connectivity index (χ2n) is 7.81. The van der Waals surface area contributed by atoms with Gasteiger partial charge in [-0.3, -0.25) is 9.59 Å². The summed E-state index contributed by atoms with van der Waals surface area (Å²) in [6.45, 7) is 0.339. The van der Waals surface area contributed by atoms with Gasteiger partial charge in [0.15, 0.2) is 5.82 Å². The quantitative estimate of drug-likeness (QED) is 0.372. The van der Waals surface area contributed by atoms with E-state index in [0.29, 0.717) is 12.1 Å².